The molecule has 0 saturated carbocycles. The van der Waals surface area contributed by atoms with Gasteiger partial charge < -0.3 is 15.4 Å². The second-order valence-corrected chi connectivity index (χ2v) is 3.98. The smallest absolute Gasteiger partial charge is 0.165 e. The van der Waals surface area contributed by atoms with Crippen molar-refractivity contribution in [2.75, 3.05) is 20.7 Å². The van der Waals surface area contributed by atoms with Crippen molar-refractivity contribution in [3.8, 4) is 5.75 Å². The van der Waals surface area contributed by atoms with Crippen molar-refractivity contribution in [3.63, 3.8) is 0 Å². The van der Waals surface area contributed by atoms with Crippen molar-refractivity contribution in [3.05, 3.63) is 29.6 Å². The van der Waals surface area contributed by atoms with E-state index in [1.54, 1.807) is 6.07 Å². The highest BCUT2D eigenvalue weighted by Crippen LogP contribution is 2.18. The minimum absolute atomic E-state index is 0.165. The van der Waals surface area contributed by atoms with Crippen LogP contribution in [0.2, 0.25) is 0 Å². The molecule has 4 nitrogen and oxygen atoms in total. The van der Waals surface area contributed by atoms with E-state index in [-0.39, 0.29) is 17.4 Å². The van der Waals surface area contributed by atoms with Crippen LogP contribution in [0.4, 0.5) is 4.39 Å². The first-order valence-corrected chi connectivity index (χ1v) is 5.36. The molecule has 3 N–H and O–H groups in total. The maximum Gasteiger partial charge on any atom is 0.165 e. The Labute approximate surface area is 101 Å². The Balaban J connectivity index is 2.56. The van der Waals surface area contributed by atoms with Crippen LogP contribution in [0.1, 0.15) is 12.0 Å². The molecule has 0 unspecified atom stereocenters. The molecule has 1 aromatic rings. The highest BCUT2D eigenvalue weighted by atomic mass is 19.1. The van der Waals surface area contributed by atoms with Crippen molar-refractivity contribution in [2.24, 2.45) is 5.73 Å². The number of nitrogens with zero attached hydrogens (tertiary/aromatic N) is 1. The molecule has 0 bridgehead atoms. The third kappa shape index (κ3) is 4.40. The molecule has 0 radical (unpaired) electrons. The van der Waals surface area contributed by atoms with Gasteiger partial charge in [0.1, 0.15) is 0 Å². The first-order chi connectivity index (χ1) is 8.02. The number of ether oxygens (including phenoxy) is 1. The van der Waals surface area contributed by atoms with Gasteiger partial charge in [-0.2, -0.15) is 0 Å². The summed E-state index contributed by atoms with van der Waals surface area (Å²) in [6.07, 6.45) is 0.523. The van der Waals surface area contributed by atoms with E-state index in [4.69, 9.17) is 15.9 Å². The second-order valence-electron chi connectivity index (χ2n) is 3.98. The minimum atomic E-state index is -0.357. The molecule has 1 rings (SSSR count). The van der Waals surface area contributed by atoms with Crippen molar-refractivity contribution < 1.29 is 9.13 Å². The van der Waals surface area contributed by atoms with Crippen LogP contribution < -0.4 is 10.5 Å². The standard InChI is InChI=1S/C12H18FN3O/c1-16(6-5-12(14)15)8-9-3-4-11(17-2)10(13)7-9/h3-4,7H,5-6,8H2,1-2H3,(H3,14,15). The van der Waals surface area contributed by atoms with E-state index >= 15 is 0 Å². The van der Waals surface area contributed by atoms with Gasteiger partial charge in [0.25, 0.3) is 0 Å². The number of nitrogens with one attached hydrogen (secondary N) is 1. The summed E-state index contributed by atoms with van der Waals surface area (Å²) in [7, 11) is 3.35. The number of amidine groups is 1. The zero-order valence-corrected chi connectivity index (χ0v) is 10.2. The van der Waals surface area contributed by atoms with Gasteiger partial charge in [-0.1, -0.05) is 6.07 Å². The molecule has 0 heterocycles. The fraction of sp³-hybridized carbons (Fsp3) is 0.417. The molecule has 0 aliphatic heterocycles. The van der Waals surface area contributed by atoms with E-state index in [2.05, 4.69) is 0 Å². The summed E-state index contributed by atoms with van der Waals surface area (Å²) in [5, 5.41) is 7.13. The summed E-state index contributed by atoms with van der Waals surface area (Å²) in [5.74, 6) is 0.0582. The van der Waals surface area contributed by atoms with E-state index in [1.807, 2.05) is 18.0 Å². The molecule has 0 aliphatic carbocycles. The highest BCUT2D eigenvalue weighted by molar-refractivity contribution is 5.76. The van der Waals surface area contributed by atoms with Gasteiger partial charge in [0, 0.05) is 19.5 Å². The van der Waals surface area contributed by atoms with Crippen LogP contribution in [-0.4, -0.2) is 31.4 Å². The molecule has 0 aliphatic rings. The zero-order valence-electron chi connectivity index (χ0n) is 10.2. The van der Waals surface area contributed by atoms with Crippen LogP contribution in [-0.2, 0) is 6.54 Å². The van der Waals surface area contributed by atoms with Crippen molar-refractivity contribution in [1.82, 2.24) is 4.90 Å². The Kier molecular flexibility index (Phi) is 4.90. The molecule has 0 saturated heterocycles. The molecule has 0 amide bonds. The minimum Gasteiger partial charge on any atom is -0.494 e. The van der Waals surface area contributed by atoms with E-state index < -0.39 is 0 Å². The fourth-order valence-corrected chi connectivity index (χ4v) is 1.51. The predicted octanol–water partition coefficient (Wildman–Crippen LogP) is 1.59. The van der Waals surface area contributed by atoms with Gasteiger partial charge in [-0.25, -0.2) is 4.39 Å². The number of hydrogen-bond acceptors (Lipinski definition) is 3. The van der Waals surface area contributed by atoms with E-state index in [0.29, 0.717) is 19.5 Å². The Hall–Kier alpha value is -1.62. The van der Waals surface area contributed by atoms with E-state index in [0.717, 1.165) is 5.56 Å². The number of rotatable bonds is 6. The first-order valence-electron chi connectivity index (χ1n) is 5.36. The van der Waals surface area contributed by atoms with Crippen LogP contribution in [0.3, 0.4) is 0 Å². The molecule has 0 aromatic heterocycles. The SMILES string of the molecule is COc1ccc(CN(C)CCC(=N)N)cc1F. The molecular formula is C12H18FN3O. The molecule has 5 heteroatoms. The summed E-state index contributed by atoms with van der Waals surface area (Å²) in [6, 6.07) is 4.90. The molecule has 94 valence electrons. The Morgan fingerprint density at radius 1 is 1.53 bits per heavy atom. The van der Waals surface area contributed by atoms with Gasteiger partial charge in [-0.05, 0) is 24.7 Å². The summed E-state index contributed by atoms with van der Waals surface area (Å²) in [5.41, 5.74) is 6.15. The number of methoxy groups -OCH3 is 1. The van der Waals surface area contributed by atoms with Crippen LogP contribution in [0.5, 0.6) is 5.75 Å². The quantitative estimate of drug-likeness (QED) is 0.585. The average molecular weight is 239 g/mol. The van der Waals surface area contributed by atoms with Gasteiger partial charge in [0.2, 0.25) is 0 Å². The maximum absolute atomic E-state index is 13.4. The lowest BCUT2D eigenvalue weighted by molar-refractivity contribution is 0.334. The van der Waals surface area contributed by atoms with Gasteiger partial charge >= 0.3 is 0 Å². The molecule has 0 fully saturated rings. The Morgan fingerprint density at radius 2 is 2.24 bits per heavy atom. The lowest BCUT2D eigenvalue weighted by Gasteiger charge is -2.16. The third-order valence-corrected chi connectivity index (χ3v) is 2.43. The number of hydrogen-bond donors (Lipinski definition) is 2. The molecule has 0 spiro atoms. The zero-order chi connectivity index (χ0) is 12.8. The largest absolute Gasteiger partial charge is 0.494 e. The Morgan fingerprint density at radius 3 is 2.76 bits per heavy atom. The maximum atomic E-state index is 13.4. The summed E-state index contributed by atoms with van der Waals surface area (Å²) in [6.45, 7) is 1.30. The topological polar surface area (TPSA) is 62.3 Å². The van der Waals surface area contributed by atoms with Crippen LogP contribution in [0.25, 0.3) is 0 Å². The predicted molar refractivity (Wildman–Crippen MR) is 65.8 cm³/mol. The van der Waals surface area contributed by atoms with Gasteiger partial charge in [-0.3, -0.25) is 5.41 Å². The van der Waals surface area contributed by atoms with Crippen LogP contribution in [0, 0.1) is 11.2 Å². The average Bonchev–Trinajstić information content (AvgIpc) is 2.26. The third-order valence-electron chi connectivity index (χ3n) is 2.43. The molecule has 1 aromatic carbocycles. The normalized spacial score (nSPS) is 10.6. The highest BCUT2D eigenvalue weighted by Gasteiger charge is 2.06. The van der Waals surface area contributed by atoms with Gasteiger partial charge in [-0.15, -0.1) is 0 Å². The van der Waals surface area contributed by atoms with E-state index in [9.17, 15) is 4.39 Å². The number of nitrogens with two attached hydrogens (primary N) is 1. The van der Waals surface area contributed by atoms with Gasteiger partial charge in [0.15, 0.2) is 11.6 Å². The number of halogens is 1. The van der Waals surface area contributed by atoms with Crippen LogP contribution in [0.15, 0.2) is 18.2 Å². The second kappa shape index (κ2) is 6.20. The molecule has 0 atom stereocenters. The molecular weight excluding hydrogens is 221 g/mol. The van der Waals surface area contributed by atoms with Crippen molar-refractivity contribution in [2.45, 2.75) is 13.0 Å². The number of benzene rings is 1. The summed E-state index contributed by atoms with van der Waals surface area (Å²) >= 11 is 0. The van der Waals surface area contributed by atoms with Crippen molar-refractivity contribution >= 4 is 5.84 Å². The first kappa shape index (κ1) is 13.4. The lowest BCUT2D eigenvalue weighted by Crippen LogP contribution is -2.23. The molecule has 17 heavy (non-hydrogen) atoms. The Bertz CT molecular complexity index is 395. The van der Waals surface area contributed by atoms with Crippen LogP contribution >= 0.6 is 0 Å². The lowest BCUT2D eigenvalue weighted by atomic mass is 10.2. The van der Waals surface area contributed by atoms with E-state index in [1.165, 1.54) is 13.2 Å². The fourth-order valence-electron chi connectivity index (χ4n) is 1.51. The van der Waals surface area contributed by atoms with Gasteiger partial charge in [0.05, 0.1) is 12.9 Å². The summed E-state index contributed by atoms with van der Waals surface area (Å²) in [4.78, 5) is 1.99. The summed E-state index contributed by atoms with van der Waals surface area (Å²) < 4.78 is 18.3. The van der Waals surface area contributed by atoms with Crippen molar-refractivity contribution in [1.29, 1.82) is 5.41 Å². The monoisotopic (exact) mass is 239 g/mol.